The van der Waals surface area contributed by atoms with Crippen LogP contribution in [0.3, 0.4) is 0 Å². The average Bonchev–Trinajstić information content (AvgIpc) is 2.96. The summed E-state index contributed by atoms with van der Waals surface area (Å²) >= 11 is 0. The number of aryl methyl sites for hydroxylation is 1. The number of piperazine rings is 1. The van der Waals surface area contributed by atoms with Gasteiger partial charge in [0.2, 0.25) is 15.9 Å². The fraction of sp³-hybridized carbons (Fsp3) is 0.258. The molecule has 1 aliphatic heterocycles. The zero-order chi connectivity index (χ0) is 31.2. The molecule has 2 heterocycles. The van der Waals surface area contributed by atoms with Crippen LogP contribution < -0.4 is 14.9 Å². The van der Waals surface area contributed by atoms with Gasteiger partial charge in [0.05, 0.1) is 23.1 Å². The number of carbonyl (C=O) groups is 1. The maximum absolute atomic E-state index is 15.9. The summed E-state index contributed by atoms with van der Waals surface area (Å²) in [4.78, 5) is 34.1. The Morgan fingerprint density at radius 1 is 1.07 bits per heavy atom. The molecule has 12 heteroatoms. The van der Waals surface area contributed by atoms with Gasteiger partial charge < -0.3 is 9.80 Å². The van der Waals surface area contributed by atoms with Gasteiger partial charge in [0.1, 0.15) is 17.5 Å². The summed E-state index contributed by atoms with van der Waals surface area (Å²) in [6, 6.07) is 13.0. The fourth-order valence-corrected chi connectivity index (χ4v) is 6.02. The molecular formula is C31H31F2N5O4S. The summed E-state index contributed by atoms with van der Waals surface area (Å²) in [5.41, 5.74) is 0.422. The molecule has 9 nitrogen and oxygen atoms in total. The first kappa shape index (κ1) is 29.9. The number of anilines is 2. The Bertz CT molecular complexity index is 1940. The van der Waals surface area contributed by atoms with E-state index in [0.29, 0.717) is 25.2 Å². The number of hydrogen-bond acceptors (Lipinski definition) is 6. The quantitative estimate of drug-likeness (QED) is 0.304. The van der Waals surface area contributed by atoms with Crippen molar-refractivity contribution in [2.45, 2.75) is 19.9 Å². The van der Waals surface area contributed by atoms with Crippen LogP contribution in [0.25, 0.3) is 27.7 Å². The van der Waals surface area contributed by atoms with E-state index in [2.05, 4.69) is 11.6 Å². The minimum absolute atomic E-state index is 0.00226. The second-order valence-electron chi connectivity index (χ2n) is 10.6. The third-order valence-corrected chi connectivity index (χ3v) is 8.98. The van der Waals surface area contributed by atoms with E-state index in [1.54, 1.807) is 36.1 Å². The van der Waals surface area contributed by atoms with Gasteiger partial charge >= 0.3 is 5.69 Å². The molecule has 0 aliphatic carbocycles. The Morgan fingerprint density at radius 2 is 1.79 bits per heavy atom. The lowest BCUT2D eigenvalue weighted by Gasteiger charge is -2.40. The van der Waals surface area contributed by atoms with Crippen molar-refractivity contribution in [3.8, 4) is 16.8 Å². The summed E-state index contributed by atoms with van der Waals surface area (Å²) in [5, 5.41) is 0.267. The highest BCUT2D eigenvalue weighted by Crippen LogP contribution is 2.37. The average molecular weight is 608 g/mol. The van der Waals surface area contributed by atoms with Gasteiger partial charge in [-0.2, -0.15) is 4.98 Å². The normalized spacial score (nSPS) is 15.5. The van der Waals surface area contributed by atoms with E-state index in [4.69, 9.17) is 0 Å². The smallest absolute Gasteiger partial charge is 0.350 e. The van der Waals surface area contributed by atoms with Gasteiger partial charge in [-0.3, -0.25) is 13.7 Å². The molecule has 0 radical (unpaired) electrons. The number of benzene rings is 3. The zero-order valence-electron chi connectivity index (χ0n) is 24.2. The van der Waals surface area contributed by atoms with Crippen LogP contribution in [-0.4, -0.2) is 67.8 Å². The van der Waals surface area contributed by atoms with Gasteiger partial charge in [0.25, 0.3) is 0 Å². The molecule has 0 N–H and O–H groups in total. The van der Waals surface area contributed by atoms with Gasteiger partial charge in [0.15, 0.2) is 0 Å². The number of sulfonamides is 1. The first-order chi connectivity index (χ1) is 20.3. The highest BCUT2D eigenvalue weighted by atomic mass is 32.2. The van der Waals surface area contributed by atoms with Crippen molar-refractivity contribution in [2.24, 2.45) is 0 Å². The van der Waals surface area contributed by atoms with Crippen LogP contribution in [-0.2, 0) is 14.8 Å². The molecule has 0 saturated carbocycles. The largest absolute Gasteiger partial charge is 0.354 e. The Hall–Kier alpha value is -4.58. The number of para-hydroxylation sites is 1. The molecule has 0 unspecified atom stereocenters. The number of amides is 1. The molecule has 1 aliphatic rings. The van der Waals surface area contributed by atoms with E-state index in [1.807, 2.05) is 11.8 Å². The maximum Gasteiger partial charge on any atom is 0.354 e. The molecule has 0 spiro atoms. The van der Waals surface area contributed by atoms with Crippen LogP contribution >= 0.6 is 0 Å². The van der Waals surface area contributed by atoms with E-state index >= 15 is 4.39 Å². The van der Waals surface area contributed by atoms with Crippen LogP contribution in [0.5, 0.6) is 0 Å². The number of carbonyl (C=O) groups excluding carboxylic acids is 1. The number of aromatic nitrogens is 2. The minimum atomic E-state index is -3.74. The van der Waals surface area contributed by atoms with Crippen LogP contribution in [0.4, 0.5) is 20.3 Å². The summed E-state index contributed by atoms with van der Waals surface area (Å²) in [5.74, 6) is -1.38. The van der Waals surface area contributed by atoms with Crippen molar-refractivity contribution >= 4 is 38.3 Å². The van der Waals surface area contributed by atoms with Gasteiger partial charge in [-0.05, 0) is 49.8 Å². The SMILES string of the molecule is C=CC(=O)N1CCN(c2nc(=O)n(-c3c(C)cccc3N(C)S(C)(=O)=O)c3cc(-c4ccccc4F)c(F)cc23)[C@@H](C)C1. The number of rotatable bonds is 6. The molecule has 5 rings (SSSR count). The third-order valence-electron chi connectivity index (χ3n) is 7.79. The number of hydrogen-bond donors (Lipinski definition) is 0. The topological polar surface area (TPSA) is 95.8 Å². The van der Waals surface area contributed by atoms with Crippen LogP contribution in [0.15, 0.2) is 72.0 Å². The fourth-order valence-electron chi connectivity index (χ4n) is 5.52. The van der Waals surface area contributed by atoms with E-state index in [0.717, 1.165) is 10.6 Å². The standard InChI is InChI=1S/C31H31F2N5O4S/c1-6-28(39)36-14-15-37(20(3)18-36)30-23-16-25(33)22(21-11-7-8-12-24(21)32)17-27(23)38(31(40)34-30)29-19(2)10-9-13-26(29)35(4)43(5,41)42/h6-13,16-17,20H,1,14-15,18H2,2-5H3/t20-/m0/s1. The Labute approximate surface area is 248 Å². The zero-order valence-corrected chi connectivity index (χ0v) is 25.0. The molecule has 1 amide bonds. The van der Waals surface area contributed by atoms with Crippen LogP contribution in [0.1, 0.15) is 12.5 Å². The summed E-state index contributed by atoms with van der Waals surface area (Å²) in [6.45, 7) is 8.11. The molecule has 1 atom stereocenters. The molecule has 4 aromatic rings. The third kappa shape index (κ3) is 5.38. The number of nitrogens with zero attached hydrogens (tertiary/aromatic N) is 5. The van der Waals surface area contributed by atoms with E-state index in [-0.39, 0.29) is 51.2 Å². The van der Waals surface area contributed by atoms with Gasteiger partial charge in [0, 0.05) is 49.2 Å². The predicted molar refractivity (Wildman–Crippen MR) is 164 cm³/mol. The number of halogens is 2. The van der Waals surface area contributed by atoms with Crippen LogP contribution in [0, 0.1) is 18.6 Å². The molecular weight excluding hydrogens is 576 g/mol. The lowest BCUT2D eigenvalue weighted by Crippen LogP contribution is -2.54. The van der Waals surface area contributed by atoms with E-state index < -0.39 is 27.3 Å². The second-order valence-corrected chi connectivity index (χ2v) is 12.6. The van der Waals surface area contributed by atoms with Crippen molar-refractivity contribution < 1.29 is 22.0 Å². The van der Waals surface area contributed by atoms with E-state index in [9.17, 15) is 22.4 Å². The molecule has 1 aromatic heterocycles. The summed E-state index contributed by atoms with van der Waals surface area (Å²) < 4.78 is 58.2. The van der Waals surface area contributed by atoms with Crippen molar-refractivity contribution in [2.75, 3.05) is 42.1 Å². The first-order valence-corrected chi connectivity index (χ1v) is 15.4. The minimum Gasteiger partial charge on any atom is -0.350 e. The van der Waals surface area contributed by atoms with Gasteiger partial charge in [-0.15, -0.1) is 0 Å². The maximum atomic E-state index is 15.9. The van der Waals surface area contributed by atoms with Gasteiger partial charge in [-0.1, -0.05) is 36.9 Å². The predicted octanol–water partition coefficient (Wildman–Crippen LogP) is 4.26. The first-order valence-electron chi connectivity index (χ1n) is 13.6. The monoisotopic (exact) mass is 607 g/mol. The molecule has 224 valence electrons. The lowest BCUT2D eigenvalue weighted by atomic mass is 10.0. The lowest BCUT2D eigenvalue weighted by molar-refractivity contribution is -0.126. The Kier molecular flexibility index (Phi) is 7.82. The van der Waals surface area contributed by atoms with Crippen molar-refractivity contribution in [3.05, 3.63) is 94.9 Å². The second kappa shape index (κ2) is 11.3. The van der Waals surface area contributed by atoms with Crippen molar-refractivity contribution in [3.63, 3.8) is 0 Å². The molecule has 3 aromatic carbocycles. The van der Waals surface area contributed by atoms with Crippen molar-refractivity contribution in [1.82, 2.24) is 14.5 Å². The molecule has 0 bridgehead atoms. The molecule has 43 heavy (non-hydrogen) atoms. The summed E-state index contributed by atoms with van der Waals surface area (Å²) in [7, 11) is -2.37. The van der Waals surface area contributed by atoms with Crippen LogP contribution in [0.2, 0.25) is 0 Å². The Balaban J connectivity index is 1.84. The number of fused-ring (bicyclic) bond motifs is 1. The highest BCUT2D eigenvalue weighted by Gasteiger charge is 2.30. The van der Waals surface area contributed by atoms with E-state index in [1.165, 1.54) is 48.0 Å². The van der Waals surface area contributed by atoms with Gasteiger partial charge in [-0.25, -0.2) is 22.0 Å². The highest BCUT2D eigenvalue weighted by molar-refractivity contribution is 7.92. The Morgan fingerprint density at radius 3 is 2.44 bits per heavy atom. The summed E-state index contributed by atoms with van der Waals surface area (Å²) in [6.07, 6.45) is 2.29. The molecule has 1 fully saturated rings. The molecule has 1 saturated heterocycles. The van der Waals surface area contributed by atoms with Crippen molar-refractivity contribution in [1.29, 1.82) is 0 Å².